The van der Waals surface area contributed by atoms with Crippen molar-refractivity contribution in [2.45, 2.75) is 39.2 Å². The molecule has 3 aromatic rings. The van der Waals surface area contributed by atoms with E-state index in [1.165, 1.54) is 35.4 Å². The molecule has 6 heteroatoms. The first-order valence-corrected chi connectivity index (χ1v) is 9.92. The lowest BCUT2D eigenvalue weighted by atomic mass is 9.94. The van der Waals surface area contributed by atoms with Crippen LogP contribution in [0, 0.1) is 6.92 Å². The van der Waals surface area contributed by atoms with Crippen molar-refractivity contribution >= 4 is 17.2 Å². The third kappa shape index (κ3) is 3.42. The normalized spacial score (nSPS) is 13.4. The second-order valence-electron chi connectivity index (χ2n) is 6.68. The lowest BCUT2D eigenvalue weighted by Gasteiger charge is -2.14. The lowest BCUT2D eigenvalue weighted by Crippen LogP contribution is -2.27. The smallest absolute Gasteiger partial charge is 0.261 e. The Hall–Kier alpha value is -2.47. The van der Waals surface area contributed by atoms with E-state index in [-0.39, 0.29) is 5.91 Å². The highest BCUT2D eigenvalue weighted by atomic mass is 32.1. The van der Waals surface area contributed by atoms with E-state index in [9.17, 15) is 4.79 Å². The Morgan fingerprint density at radius 3 is 2.85 bits per heavy atom. The molecule has 3 heterocycles. The monoisotopic (exact) mass is 366 g/mol. The second kappa shape index (κ2) is 7.41. The van der Waals surface area contributed by atoms with Gasteiger partial charge in [-0.15, -0.1) is 11.3 Å². The number of carbonyl (C=O) groups is 1. The quantitative estimate of drug-likeness (QED) is 0.750. The van der Waals surface area contributed by atoms with Crippen LogP contribution in [0.1, 0.15) is 39.3 Å². The van der Waals surface area contributed by atoms with Gasteiger partial charge in [0.15, 0.2) is 0 Å². The molecule has 134 valence electrons. The zero-order valence-electron chi connectivity index (χ0n) is 14.9. The van der Waals surface area contributed by atoms with E-state index in [1.54, 1.807) is 0 Å². The maximum Gasteiger partial charge on any atom is 0.261 e. The molecule has 0 atom stereocenters. The summed E-state index contributed by atoms with van der Waals surface area (Å²) in [5.74, 6) is -0.00141. The fourth-order valence-electron chi connectivity index (χ4n) is 3.51. The van der Waals surface area contributed by atoms with Crippen LogP contribution in [0.25, 0.3) is 11.3 Å². The Morgan fingerprint density at radius 1 is 1.27 bits per heavy atom. The number of nitrogens with zero attached hydrogens (tertiary/aromatic N) is 3. The number of hydrogen-bond acceptors (Lipinski definition) is 4. The zero-order valence-corrected chi connectivity index (χ0v) is 15.7. The predicted molar refractivity (Wildman–Crippen MR) is 103 cm³/mol. The first-order chi connectivity index (χ1) is 12.7. The van der Waals surface area contributed by atoms with Crippen LogP contribution in [0.15, 0.2) is 36.0 Å². The van der Waals surface area contributed by atoms with Gasteiger partial charge in [0.25, 0.3) is 5.91 Å². The molecule has 1 aliphatic rings. The molecule has 1 aliphatic carbocycles. The summed E-state index contributed by atoms with van der Waals surface area (Å²) in [6, 6.07) is 5.96. The molecule has 0 fully saturated rings. The summed E-state index contributed by atoms with van der Waals surface area (Å²) in [5.41, 5.74) is 6.01. The van der Waals surface area contributed by atoms with E-state index in [0.29, 0.717) is 13.1 Å². The number of thiophene rings is 1. The van der Waals surface area contributed by atoms with Crippen molar-refractivity contribution in [1.29, 1.82) is 0 Å². The van der Waals surface area contributed by atoms with Gasteiger partial charge >= 0.3 is 0 Å². The van der Waals surface area contributed by atoms with Crippen molar-refractivity contribution in [2.75, 3.05) is 6.54 Å². The van der Waals surface area contributed by atoms with Gasteiger partial charge in [0, 0.05) is 35.8 Å². The predicted octanol–water partition coefficient (Wildman–Crippen LogP) is 3.62. The van der Waals surface area contributed by atoms with Gasteiger partial charge in [-0.1, -0.05) is 0 Å². The van der Waals surface area contributed by atoms with E-state index in [2.05, 4.69) is 15.0 Å². The van der Waals surface area contributed by atoms with Crippen molar-refractivity contribution in [3.8, 4) is 11.3 Å². The Morgan fingerprint density at radius 2 is 2.08 bits per heavy atom. The molecule has 0 bridgehead atoms. The zero-order chi connectivity index (χ0) is 17.9. The van der Waals surface area contributed by atoms with Crippen LogP contribution in [0.5, 0.6) is 0 Å². The second-order valence-corrected chi connectivity index (χ2v) is 7.60. The molecule has 3 aromatic heterocycles. The highest BCUT2D eigenvalue weighted by molar-refractivity contribution is 7.12. The molecule has 1 N–H and O–H groups in total. The van der Waals surface area contributed by atoms with Crippen LogP contribution in [-0.4, -0.2) is 27.2 Å². The molecule has 5 nitrogen and oxygen atoms in total. The van der Waals surface area contributed by atoms with Crippen molar-refractivity contribution in [3.63, 3.8) is 0 Å². The SMILES string of the molecule is Cc1csc(C(=O)NCCn2nc(-c3ccncc3)c3c2CCCC3)c1. The van der Waals surface area contributed by atoms with Crippen molar-refractivity contribution in [2.24, 2.45) is 0 Å². The third-order valence-electron chi connectivity index (χ3n) is 4.77. The van der Waals surface area contributed by atoms with Gasteiger partial charge in [0.1, 0.15) is 0 Å². The Labute approximate surface area is 157 Å². The molecule has 0 aromatic carbocycles. The van der Waals surface area contributed by atoms with Crippen LogP contribution in [0.2, 0.25) is 0 Å². The molecule has 0 saturated carbocycles. The average Bonchev–Trinajstić information content (AvgIpc) is 3.27. The van der Waals surface area contributed by atoms with Gasteiger partial charge in [-0.2, -0.15) is 5.10 Å². The van der Waals surface area contributed by atoms with E-state index in [0.717, 1.165) is 34.5 Å². The van der Waals surface area contributed by atoms with E-state index < -0.39 is 0 Å². The fraction of sp³-hybridized carbons (Fsp3) is 0.350. The molecule has 1 amide bonds. The number of fused-ring (bicyclic) bond motifs is 1. The van der Waals surface area contributed by atoms with Crippen molar-refractivity contribution < 1.29 is 4.79 Å². The molecular weight excluding hydrogens is 344 g/mol. The van der Waals surface area contributed by atoms with Crippen LogP contribution in [0.4, 0.5) is 0 Å². The van der Waals surface area contributed by atoms with Gasteiger partial charge in [0.05, 0.1) is 17.1 Å². The number of aryl methyl sites for hydroxylation is 1. The van der Waals surface area contributed by atoms with Crippen LogP contribution < -0.4 is 5.32 Å². The summed E-state index contributed by atoms with van der Waals surface area (Å²) in [6.07, 6.45) is 8.18. The first-order valence-electron chi connectivity index (χ1n) is 9.04. The summed E-state index contributed by atoms with van der Waals surface area (Å²) in [5, 5.41) is 9.89. The molecular formula is C20H22N4OS. The molecule has 0 unspecified atom stereocenters. The van der Waals surface area contributed by atoms with Gasteiger partial charge < -0.3 is 5.32 Å². The maximum atomic E-state index is 12.2. The topological polar surface area (TPSA) is 59.8 Å². The van der Waals surface area contributed by atoms with Gasteiger partial charge in [0.2, 0.25) is 0 Å². The number of amides is 1. The summed E-state index contributed by atoms with van der Waals surface area (Å²) in [7, 11) is 0. The van der Waals surface area contributed by atoms with E-state index in [1.807, 2.05) is 42.9 Å². The standard InChI is InChI=1S/C20H22N4OS/c1-14-12-18(26-13-14)20(25)22-10-11-24-17-5-3-2-4-16(17)19(23-24)15-6-8-21-9-7-15/h6-9,12-13H,2-5,10-11H2,1H3,(H,22,25). The van der Waals surface area contributed by atoms with Gasteiger partial charge in [-0.05, 0) is 61.7 Å². The summed E-state index contributed by atoms with van der Waals surface area (Å²) < 4.78 is 2.09. The number of rotatable bonds is 5. The van der Waals surface area contributed by atoms with Gasteiger partial charge in [-0.3, -0.25) is 14.5 Å². The van der Waals surface area contributed by atoms with E-state index >= 15 is 0 Å². The highest BCUT2D eigenvalue weighted by Gasteiger charge is 2.21. The number of pyridine rings is 1. The first kappa shape index (κ1) is 17.0. The number of nitrogens with one attached hydrogen (secondary N) is 1. The van der Waals surface area contributed by atoms with Crippen LogP contribution in [0.3, 0.4) is 0 Å². The molecule has 0 saturated heterocycles. The minimum atomic E-state index is -0.00141. The highest BCUT2D eigenvalue weighted by Crippen LogP contribution is 2.30. The maximum absolute atomic E-state index is 12.2. The largest absolute Gasteiger partial charge is 0.349 e. The Balaban J connectivity index is 1.50. The number of aromatic nitrogens is 3. The average molecular weight is 366 g/mol. The molecule has 0 aliphatic heterocycles. The fourth-order valence-corrected chi connectivity index (χ4v) is 4.32. The summed E-state index contributed by atoms with van der Waals surface area (Å²) >= 11 is 1.49. The molecule has 0 spiro atoms. The summed E-state index contributed by atoms with van der Waals surface area (Å²) in [4.78, 5) is 17.1. The molecule has 4 rings (SSSR count). The summed E-state index contributed by atoms with van der Waals surface area (Å²) in [6.45, 7) is 3.28. The Kier molecular flexibility index (Phi) is 4.84. The minimum absolute atomic E-state index is 0.00141. The van der Waals surface area contributed by atoms with Crippen molar-refractivity contribution in [3.05, 3.63) is 57.7 Å². The molecule has 0 radical (unpaired) electrons. The number of carbonyl (C=O) groups excluding carboxylic acids is 1. The van der Waals surface area contributed by atoms with Crippen molar-refractivity contribution in [1.82, 2.24) is 20.1 Å². The van der Waals surface area contributed by atoms with Crippen LogP contribution >= 0.6 is 11.3 Å². The number of hydrogen-bond donors (Lipinski definition) is 1. The third-order valence-corrected chi connectivity index (χ3v) is 5.82. The Bertz CT molecular complexity index is 913. The lowest BCUT2D eigenvalue weighted by molar-refractivity contribution is 0.0956. The van der Waals surface area contributed by atoms with E-state index in [4.69, 9.17) is 5.10 Å². The van der Waals surface area contributed by atoms with Crippen LogP contribution in [-0.2, 0) is 19.4 Å². The minimum Gasteiger partial charge on any atom is -0.349 e. The molecule has 26 heavy (non-hydrogen) atoms. The van der Waals surface area contributed by atoms with Gasteiger partial charge in [-0.25, -0.2) is 0 Å².